The third kappa shape index (κ3) is 18.6. The fraction of sp³-hybridized carbons (Fsp3) is 0.538. The van der Waals surface area contributed by atoms with Crippen LogP contribution in [0.1, 0.15) is 128 Å². The quantitative estimate of drug-likeness (QED) is 0.190. The molecule has 0 amide bonds. The monoisotopic (exact) mass is 643 g/mol. The molecule has 1 aromatic rings. The van der Waals surface area contributed by atoms with E-state index >= 15 is 0 Å². The fourth-order valence-electron chi connectivity index (χ4n) is 3.97. The van der Waals surface area contributed by atoms with Crippen molar-refractivity contribution < 1.29 is 9.53 Å². The number of nitrogens with one attached hydrogen (secondary N) is 1. The fourth-order valence-corrected chi connectivity index (χ4v) is 5.57. The molecule has 2 atom stereocenters. The second kappa shape index (κ2) is 23.2. The van der Waals surface area contributed by atoms with Gasteiger partial charge in [0.1, 0.15) is 5.76 Å². The van der Waals surface area contributed by atoms with E-state index in [1.165, 1.54) is 48.3 Å². The van der Waals surface area contributed by atoms with Gasteiger partial charge in [0.25, 0.3) is 0 Å². The van der Waals surface area contributed by atoms with Gasteiger partial charge in [-0.05, 0) is 83.5 Å². The third-order valence-electron chi connectivity index (χ3n) is 6.27. The van der Waals surface area contributed by atoms with Crippen molar-refractivity contribution in [2.24, 2.45) is 10.8 Å². The smallest absolute Gasteiger partial charge is 0.194 e. The van der Waals surface area contributed by atoms with E-state index in [2.05, 4.69) is 80.5 Å². The molecule has 0 radical (unpaired) electrons. The van der Waals surface area contributed by atoms with Crippen LogP contribution in [0.5, 0.6) is 0 Å². The number of benzene rings is 1. The van der Waals surface area contributed by atoms with Gasteiger partial charge in [0.05, 0.1) is 5.66 Å². The number of ketones is 1. The number of rotatable bonds is 6. The first kappa shape index (κ1) is 43.9. The maximum absolute atomic E-state index is 11.7. The number of unbranched alkanes of at least 4 members (excludes halogenated alkanes) is 1. The number of carbonyl (C=O) groups excluding carboxylic acids is 1. The van der Waals surface area contributed by atoms with Gasteiger partial charge in [-0.3, -0.25) is 4.79 Å². The van der Waals surface area contributed by atoms with Crippen LogP contribution in [0.4, 0.5) is 0 Å². The van der Waals surface area contributed by atoms with Crippen molar-refractivity contribution in [2.45, 2.75) is 128 Å². The van der Waals surface area contributed by atoms with Crippen LogP contribution in [0.3, 0.4) is 0 Å². The van der Waals surface area contributed by atoms with Crippen LogP contribution in [0.15, 0.2) is 77.3 Å². The van der Waals surface area contributed by atoms with Gasteiger partial charge in [0.2, 0.25) is 0 Å². The summed E-state index contributed by atoms with van der Waals surface area (Å²) in [5.41, 5.74) is 4.13. The minimum atomic E-state index is -0.0454. The topological polar surface area (TPSA) is 50.2 Å². The van der Waals surface area contributed by atoms with Crippen molar-refractivity contribution in [3.8, 4) is 0 Å². The Morgan fingerprint density at radius 3 is 1.89 bits per heavy atom. The minimum Gasteiger partial charge on any atom is -0.457 e. The Morgan fingerprint density at radius 2 is 1.52 bits per heavy atom. The van der Waals surface area contributed by atoms with Crippen LogP contribution in [0.25, 0.3) is 5.31 Å². The number of hydrogen-bond donors (Lipinski definition) is 1. The van der Waals surface area contributed by atoms with Crippen LogP contribution < -0.4 is 0 Å². The first-order chi connectivity index (χ1) is 20.5. The summed E-state index contributed by atoms with van der Waals surface area (Å²) in [6, 6.07) is 7.94. The van der Waals surface area contributed by atoms with Crippen LogP contribution in [-0.2, 0) is 9.53 Å². The van der Waals surface area contributed by atoms with Gasteiger partial charge in [-0.1, -0.05) is 140 Å². The van der Waals surface area contributed by atoms with Gasteiger partial charge in [-0.2, -0.15) is 0 Å². The molecule has 2 unspecified atom stereocenters. The average Bonchev–Trinajstić information content (AvgIpc) is 3.39. The summed E-state index contributed by atoms with van der Waals surface area (Å²) >= 11 is 6.00. The molecule has 248 valence electrons. The van der Waals surface area contributed by atoms with E-state index in [-0.39, 0.29) is 16.9 Å². The van der Waals surface area contributed by atoms with Crippen molar-refractivity contribution in [1.82, 2.24) is 0 Å². The summed E-state index contributed by atoms with van der Waals surface area (Å²) in [4.78, 5) is 11.7. The second-order valence-corrected chi connectivity index (χ2v) is 14.7. The summed E-state index contributed by atoms with van der Waals surface area (Å²) in [6.45, 7) is 29.4. The second-order valence-electron chi connectivity index (χ2n) is 12.8. The van der Waals surface area contributed by atoms with Crippen LogP contribution in [0.2, 0.25) is 5.02 Å². The van der Waals surface area contributed by atoms with Gasteiger partial charge in [0.15, 0.2) is 11.5 Å². The van der Waals surface area contributed by atoms with E-state index in [9.17, 15) is 4.79 Å². The molecule has 1 aromatic carbocycles. The average molecular weight is 644 g/mol. The van der Waals surface area contributed by atoms with Crippen molar-refractivity contribution in [3.63, 3.8) is 0 Å². The minimum absolute atomic E-state index is 0.0157. The van der Waals surface area contributed by atoms with E-state index in [1.54, 1.807) is 13.0 Å². The maximum Gasteiger partial charge on any atom is 0.194 e. The molecule has 0 aliphatic carbocycles. The SMILES string of the molecule is C/C=C\C(C)=C/C=N.CC.CC(=O)C1=CC2PC(c3ccc(Cl)cc3)=CC(C(C)(C)C)=C2O1.CCCC.CCCC(C)(C)C. The molecule has 3 nitrogen and oxygen atoms in total. The molecular weight excluding hydrogens is 581 g/mol. The molecule has 0 fully saturated rings. The number of carbonyl (C=O) groups is 1. The Balaban J connectivity index is 0. The Hall–Kier alpha value is -2.22. The van der Waals surface area contributed by atoms with Gasteiger partial charge in [-0.25, -0.2) is 0 Å². The van der Waals surface area contributed by atoms with Gasteiger partial charge >= 0.3 is 0 Å². The predicted molar refractivity (Wildman–Crippen MR) is 202 cm³/mol. The summed E-state index contributed by atoms with van der Waals surface area (Å²) in [7, 11) is 0.551. The molecule has 0 saturated heterocycles. The van der Waals surface area contributed by atoms with E-state index in [0.29, 0.717) is 19.8 Å². The third-order valence-corrected chi connectivity index (χ3v) is 8.01. The van der Waals surface area contributed by atoms with E-state index < -0.39 is 0 Å². The first-order valence-electron chi connectivity index (χ1n) is 16.2. The summed E-state index contributed by atoms with van der Waals surface area (Å²) in [6.07, 6.45) is 16.4. The van der Waals surface area contributed by atoms with Gasteiger partial charge in [-0.15, -0.1) is 0 Å². The molecule has 3 rings (SSSR count). The van der Waals surface area contributed by atoms with Crippen molar-refractivity contribution in [1.29, 1.82) is 5.41 Å². The zero-order chi connectivity index (χ0) is 34.5. The molecule has 1 N–H and O–H groups in total. The molecule has 0 bridgehead atoms. The summed E-state index contributed by atoms with van der Waals surface area (Å²) in [5, 5.41) is 8.70. The number of halogens is 1. The Labute approximate surface area is 278 Å². The molecule has 2 aliphatic heterocycles. The Kier molecular flexibility index (Phi) is 23.1. The molecular formula is C39H63ClNO2P. The zero-order valence-corrected chi connectivity index (χ0v) is 32.1. The summed E-state index contributed by atoms with van der Waals surface area (Å²) < 4.78 is 5.90. The van der Waals surface area contributed by atoms with E-state index in [0.717, 1.165) is 16.4 Å². The van der Waals surface area contributed by atoms with Crippen molar-refractivity contribution in [3.05, 3.63) is 87.9 Å². The van der Waals surface area contributed by atoms with Crippen LogP contribution in [-0.4, -0.2) is 17.7 Å². The number of ether oxygens (including phenoxy) is 1. The molecule has 0 spiro atoms. The Bertz CT molecular complexity index is 1140. The highest BCUT2D eigenvalue weighted by Crippen LogP contribution is 2.52. The van der Waals surface area contributed by atoms with Gasteiger partial charge < -0.3 is 10.1 Å². The number of hydrogen-bond acceptors (Lipinski definition) is 3. The van der Waals surface area contributed by atoms with E-state index in [1.807, 2.05) is 58.1 Å². The lowest BCUT2D eigenvalue weighted by Gasteiger charge is -2.29. The molecule has 0 aromatic heterocycles. The Morgan fingerprint density at radius 1 is 0.977 bits per heavy atom. The largest absolute Gasteiger partial charge is 0.457 e. The van der Waals surface area contributed by atoms with Crippen molar-refractivity contribution in [2.75, 3.05) is 0 Å². The lowest BCUT2D eigenvalue weighted by Crippen LogP contribution is -2.17. The predicted octanol–water partition coefficient (Wildman–Crippen LogP) is 13.4. The lowest BCUT2D eigenvalue weighted by molar-refractivity contribution is -0.116. The molecule has 44 heavy (non-hydrogen) atoms. The number of Topliss-reactive ketones (excluding diaryl/α,β-unsaturated/α-hetero) is 1. The zero-order valence-electron chi connectivity index (χ0n) is 30.4. The number of fused-ring (bicyclic) bond motifs is 1. The lowest BCUT2D eigenvalue weighted by atomic mass is 9.84. The highest BCUT2D eigenvalue weighted by Gasteiger charge is 2.35. The first-order valence-corrected chi connectivity index (χ1v) is 17.7. The van der Waals surface area contributed by atoms with Gasteiger partial charge in [0, 0.05) is 18.2 Å². The molecule has 0 saturated carbocycles. The maximum atomic E-state index is 11.7. The molecule has 2 heterocycles. The molecule has 5 heteroatoms. The van der Waals surface area contributed by atoms with Crippen LogP contribution >= 0.6 is 20.2 Å². The van der Waals surface area contributed by atoms with E-state index in [4.69, 9.17) is 21.7 Å². The standard InChI is InChI=1S/C19H20ClO2P.C7H11N.C7H16.C4H10.C2H6/c1-11(21)15-10-17-18(22-15)14(19(2,3)4)9-16(23-17)12-5-7-13(20)8-6-12;1-3-4-7(2)5-6-8;1-5-6-7(2,3)4;1-3-4-2;1-2/h5-10,17,23H,1-4H3;3-6,8H,1-2H3;5-6H2,1-4H3;3-4H2,1-2H3;1-2H3/b;4-3-,7-5-,8-6?;;;. The summed E-state index contributed by atoms with van der Waals surface area (Å²) in [5.74, 6) is 1.40. The highest BCUT2D eigenvalue weighted by molar-refractivity contribution is 7.52. The van der Waals surface area contributed by atoms with Crippen molar-refractivity contribution >= 4 is 37.5 Å². The molecule has 2 aliphatic rings. The number of allylic oxidation sites excluding steroid dienone is 8. The van der Waals surface area contributed by atoms with Crippen LogP contribution in [0, 0.1) is 16.2 Å². The highest BCUT2D eigenvalue weighted by atomic mass is 35.5. The normalized spacial score (nSPS) is 16.3.